The van der Waals surface area contributed by atoms with Crippen molar-refractivity contribution in [3.05, 3.63) is 0 Å². The van der Waals surface area contributed by atoms with Crippen LogP contribution in [0.3, 0.4) is 0 Å². The highest BCUT2D eigenvalue weighted by Gasteiger charge is 2.26. The van der Waals surface area contributed by atoms with Crippen molar-refractivity contribution < 1.29 is 14.3 Å². The average Bonchev–Trinajstić information content (AvgIpc) is 2.56. The second-order valence-electron chi connectivity index (χ2n) is 6.48. The molecule has 0 spiro atoms. The van der Waals surface area contributed by atoms with E-state index in [-0.39, 0.29) is 17.8 Å². The summed E-state index contributed by atoms with van der Waals surface area (Å²) in [6.45, 7) is 2.20. The molecule has 1 saturated carbocycles. The zero-order valence-electron chi connectivity index (χ0n) is 14.4. The van der Waals surface area contributed by atoms with Crippen LogP contribution >= 0.6 is 0 Å². The summed E-state index contributed by atoms with van der Waals surface area (Å²) in [7, 11) is 1.39. The molecular formula is C18H33NO3. The Morgan fingerprint density at radius 2 is 1.68 bits per heavy atom. The minimum absolute atomic E-state index is 0.0427. The fraction of sp³-hybridized carbons (Fsp3) is 0.889. The highest BCUT2D eigenvalue weighted by Crippen LogP contribution is 2.24. The van der Waals surface area contributed by atoms with Gasteiger partial charge in [-0.05, 0) is 19.3 Å². The van der Waals surface area contributed by atoms with Crippen LogP contribution in [-0.4, -0.2) is 25.0 Å². The SMILES string of the molecule is CCCCCCCC[C@@H](NC(=O)C1CCCCC1)C(=O)OC. The van der Waals surface area contributed by atoms with Gasteiger partial charge in [-0.25, -0.2) is 4.79 Å². The quantitative estimate of drug-likeness (QED) is 0.490. The lowest BCUT2D eigenvalue weighted by Crippen LogP contribution is -2.44. The Bertz CT molecular complexity index is 324. The van der Waals surface area contributed by atoms with E-state index in [1.54, 1.807) is 0 Å². The molecule has 4 nitrogen and oxygen atoms in total. The Morgan fingerprint density at radius 3 is 2.32 bits per heavy atom. The molecule has 22 heavy (non-hydrogen) atoms. The minimum atomic E-state index is -0.467. The molecule has 0 heterocycles. The molecule has 1 aliphatic rings. The molecule has 0 aromatic heterocycles. The zero-order chi connectivity index (χ0) is 16.2. The molecule has 0 unspecified atom stereocenters. The van der Waals surface area contributed by atoms with Crippen LogP contribution in [0.2, 0.25) is 0 Å². The summed E-state index contributed by atoms with van der Waals surface area (Å²) < 4.78 is 4.84. The molecule has 0 aliphatic heterocycles. The summed E-state index contributed by atoms with van der Waals surface area (Å²) in [5, 5.41) is 2.93. The minimum Gasteiger partial charge on any atom is -0.467 e. The lowest BCUT2D eigenvalue weighted by atomic mass is 9.88. The van der Waals surface area contributed by atoms with Gasteiger partial charge in [-0.15, -0.1) is 0 Å². The number of carbonyl (C=O) groups is 2. The third kappa shape index (κ3) is 7.28. The molecule has 4 heteroatoms. The van der Waals surface area contributed by atoms with Crippen LogP contribution in [0.1, 0.15) is 84.0 Å². The lowest BCUT2D eigenvalue weighted by molar-refractivity contribution is -0.146. The van der Waals surface area contributed by atoms with Crippen LogP contribution in [0.15, 0.2) is 0 Å². The van der Waals surface area contributed by atoms with Crippen molar-refractivity contribution in [2.24, 2.45) is 5.92 Å². The smallest absolute Gasteiger partial charge is 0.328 e. The molecule has 0 radical (unpaired) electrons. The molecule has 0 bridgehead atoms. The molecule has 1 rings (SSSR count). The highest BCUT2D eigenvalue weighted by molar-refractivity contribution is 5.85. The van der Waals surface area contributed by atoms with Crippen molar-refractivity contribution in [2.45, 2.75) is 90.0 Å². The number of hydrogen-bond donors (Lipinski definition) is 1. The molecule has 128 valence electrons. The van der Waals surface area contributed by atoms with Crippen LogP contribution in [0.5, 0.6) is 0 Å². The van der Waals surface area contributed by atoms with E-state index in [9.17, 15) is 9.59 Å². The van der Waals surface area contributed by atoms with Gasteiger partial charge in [-0.3, -0.25) is 4.79 Å². The van der Waals surface area contributed by atoms with E-state index >= 15 is 0 Å². The number of unbranched alkanes of at least 4 members (excludes halogenated alkanes) is 5. The Kier molecular flexibility index (Phi) is 9.93. The predicted molar refractivity (Wildman–Crippen MR) is 88.5 cm³/mol. The van der Waals surface area contributed by atoms with Crippen molar-refractivity contribution in [3.63, 3.8) is 0 Å². The second kappa shape index (κ2) is 11.5. The number of amides is 1. The Labute approximate surface area is 135 Å². The van der Waals surface area contributed by atoms with Gasteiger partial charge in [0.25, 0.3) is 0 Å². The summed E-state index contributed by atoms with van der Waals surface area (Å²) in [6, 6.07) is -0.467. The Balaban J connectivity index is 2.33. The van der Waals surface area contributed by atoms with Gasteiger partial charge >= 0.3 is 5.97 Å². The summed E-state index contributed by atoms with van der Waals surface area (Å²) in [4.78, 5) is 24.1. The molecule has 0 saturated heterocycles. The number of ether oxygens (including phenoxy) is 1. The van der Waals surface area contributed by atoms with Gasteiger partial charge in [0, 0.05) is 5.92 Å². The first-order chi connectivity index (χ1) is 10.7. The molecule has 1 aliphatic carbocycles. The van der Waals surface area contributed by atoms with Crippen LogP contribution in [0, 0.1) is 5.92 Å². The summed E-state index contributed by atoms with van der Waals surface area (Å²) >= 11 is 0. The first kappa shape index (κ1) is 19.0. The first-order valence-corrected chi connectivity index (χ1v) is 9.07. The maximum atomic E-state index is 12.3. The maximum Gasteiger partial charge on any atom is 0.328 e. The first-order valence-electron chi connectivity index (χ1n) is 9.07. The van der Waals surface area contributed by atoms with Crippen LogP contribution < -0.4 is 5.32 Å². The van der Waals surface area contributed by atoms with Crippen LogP contribution in [0.25, 0.3) is 0 Å². The Morgan fingerprint density at radius 1 is 1.05 bits per heavy atom. The summed E-state index contributed by atoms with van der Waals surface area (Å²) in [6.07, 6.45) is 13.1. The van der Waals surface area contributed by atoms with Gasteiger partial charge in [-0.1, -0.05) is 64.7 Å². The topological polar surface area (TPSA) is 55.4 Å². The van der Waals surface area contributed by atoms with Gasteiger partial charge < -0.3 is 10.1 Å². The normalized spacial score (nSPS) is 17.0. The molecular weight excluding hydrogens is 278 g/mol. The molecule has 1 N–H and O–H groups in total. The predicted octanol–water partition coefficient (Wildman–Crippen LogP) is 3.98. The maximum absolute atomic E-state index is 12.3. The van der Waals surface area contributed by atoms with Gasteiger partial charge in [0.15, 0.2) is 0 Å². The molecule has 0 aromatic rings. The molecule has 1 fully saturated rings. The van der Waals surface area contributed by atoms with Crippen LogP contribution in [-0.2, 0) is 14.3 Å². The standard InChI is InChI=1S/C18H33NO3/c1-3-4-5-6-7-11-14-16(18(21)22-2)19-17(20)15-12-9-8-10-13-15/h15-16H,3-14H2,1-2H3,(H,19,20)/t16-/m1/s1. The number of methoxy groups -OCH3 is 1. The second-order valence-corrected chi connectivity index (χ2v) is 6.48. The highest BCUT2D eigenvalue weighted by atomic mass is 16.5. The van der Waals surface area contributed by atoms with Gasteiger partial charge in [-0.2, -0.15) is 0 Å². The number of nitrogens with one attached hydrogen (secondary N) is 1. The van der Waals surface area contributed by atoms with Gasteiger partial charge in [0.1, 0.15) is 6.04 Å². The lowest BCUT2D eigenvalue weighted by Gasteiger charge is -2.23. The third-order valence-corrected chi connectivity index (χ3v) is 4.62. The average molecular weight is 311 g/mol. The van der Waals surface area contributed by atoms with E-state index in [1.807, 2.05) is 0 Å². The largest absolute Gasteiger partial charge is 0.467 e. The van der Waals surface area contributed by atoms with E-state index in [0.29, 0.717) is 6.42 Å². The van der Waals surface area contributed by atoms with E-state index in [1.165, 1.54) is 39.2 Å². The number of esters is 1. The van der Waals surface area contributed by atoms with Crippen molar-refractivity contribution in [2.75, 3.05) is 7.11 Å². The number of rotatable bonds is 10. The Hall–Kier alpha value is -1.06. The molecule has 1 amide bonds. The molecule has 1 atom stereocenters. The monoisotopic (exact) mass is 311 g/mol. The van der Waals surface area contributed by atoms with E-state index in [2.05, 4.69) is 12.2 Å². The fourth-order valence-electron chi connectivity index (χ4n) is 3.17. The summed E-state index contributed by atoms with van der Waals surface area (Å²) in [5.41, 5.74) is 0. The van der Waals surface area contributed by atoms with E-state index in [0.717, 1.165) is 38.5 Å². The van der Waals surface area contributed by atoms with E-state index in [4.69, 9.17) is 4.74 Å². The van der Waals surface area contributed by atoms with E-state index < -0.39 is 6.04 Å². The van der Waals surface area contributed by atoms with Crippen LogP contribution in [0.4, 0.5) is 0 Å². The number of hydrogen-bond acceptors (Lipinski definition) is 3. The van der Waals surface area contributed by atoms with Crippen molar-refractivity contribution in [3.8, 4) is 0 Å². The molecule has 0 aromatic carbocycles. The van der Waals surface area contributed by atoms with Crippen molar-refractivity contribution in [1.29, 1.82) is 0 Å². The summed E-state index contributed by atoms with van der Waals surface area (Å²) in [5.74, 6) is -0.177. The van der Waals surface area contributed by atoms with Crippen molar-refractivity contribution in [1.82, 2.24) is 5.32 Å². The van der Waals surface area contributed by atoms with Gasteiger partial charge in [0.2, 0.25) is 5.91 Å². The third-order valence-electron chi connectivity index (χ3n) is 4.62. The van der Waals surface area contributed by atoms with Gasteiger partial charge in [0.05, 0.1) is 7.11 Å². The van der Waals surface area contributed by atoms with Crippen molar-refractivity contribution >= 4 is 11.9 Å². The number of carbonyl (C=O) groups excluding carboxylic acids is 2. The fourth-order valence-corrected chi connectivity index (χ4v) is 3.17. The zero-order valence-corrected chi connectivity index (χ0v) is 14.4.